The van der Waals surface area contributed by atoms with Crippen molar-refractivity contribution < 1.29 is 4.79 Å². The highest BCUT2D eigenvalue weighted by molar-refractivity contribution is 5.74. The molecule has 1 heterocycles. The Morgan fingerprint density at radius 3 is 2.29 bits per heavy atom. The molecule has 1 N–H and O–H groups in total. The van der Waals surface area contributed by atoms with Crippen LogP contribution in [0, 0.1) is 5.41 Å². The predicted octanol–water partition coefficient (Wildman–Crippen LogP) is 3.15. The van der Waals surface area contributed by atoms with Gasteiger partial charge >= 0.3 is 6.03 Å². The second kappa shape index (κ2) is 5.28. The first kappa shape index (κ1) is 12.7. The normalized spacial score (nSPS) is 25.6. The Balaban J connectivity index is 1.75. The highest BCUT2D eigenvalue weighted by Gasteiger charge is 2.28. The van der Waals surface area contributed by atoms with E-state index in [2.05, 4.69) is 19.2 Å². The first-order chi connectivity index (χ1) is 8.07. The molecule has 0 bridgehead atoms. The number of nitrogens with one attached hydrogen (secondary N) is 1. The van der Waals surface area contributed by atoms with Crippen LogP contribution in [0.4, 0.5) is 4.79 Å². The minimum atomic E-state index is 0.175. The Labute approximate surface area is 105 Å². The van der Waals surface area contributed by atoms with E-state index in [0.717, 1.165) is 25.9 Å². The number of rotatable bonds is 1. The molecular formula is C14H26N2O. The summed E-state index contributed by atoms with van der Waals surface area (Å²) in [6, 6.07) is 0.590. The molecule has 2 amide bonds. The molecule has 3 nitrogen and oxygen atoms in total. The lowest BCUT2D eigenvalue weighted by Gasteiger charge is -2.36. The smallest absolute Gasteiger partial charge is 0.317 e. The molecule has 3 heteroatoms. The molecule has 1 aliphatic heterocycles. The second-order valence-electron chi connectivity index (χ2n) is 6.44. The van der Waals surface area contributed by atoms with Gasteiger partial charge in [0.15, 0.2) is 0 Å². The number of nitrogens with zero attached hydrogens (tertiary/aromatic N) is 1. The van der Waals surface area contributed by atoms with E-state index in [0.29, 0.717) is 11.5 Å². The maximum Gasteiger partial charge on any atom is 0.317 e. The van der Waals surface area contributed by atoms with Gasteiger partial charge in [0, 0.05) is 19.1 Å². The molecule has 1 aliphatic carbocycles. The van der Waals surface area contributed by atoms with Crippen LogP contribution in [-0.4, -0.2) is 30.1 Å². The van der Waals surface area contributed by atoms with E-state index >= 15 is 0 Å². The average molecular weight is 238 g/mol. The number of piperidine rings is 1. The maximum absolute atomic E-state index is 12.0. The molecular weight excluding hydrogens is 212 g/mol. The van der Waals surface area contributed by atoms with Crippen LogP contribution in [0.15, 0.2) is 0 Å². The van der Waals surface area contributed by atoms with Gasteiger partial charge in [-0.25, -0.2) is 4.79 Å². The fourth-order valence-corrected chi connectivity index (χ4v) is 2.91. The summed E-state index contributed by atoms with van der Waals surface area (Å²) >= 11 is 0. The highest BCUT2D eigenvalue weighted by atomic mass is 16.2. The van der Waals surface area contributed by atoms with Crippen LogP contribution in [0.2, 0.25) is 0 Å². The van der Waals surface area contributed by atoms with E-state index in [1.165, 1.54) is 32.1 Å². The number of carbonyl (C=O) groups is 1. The van der Waals surface area contributed by atoms with Gasteiger partial charge in [0.2, 0.25) is 0 Å². The van der Waals surface area contributed by atoms with E-state index in [1.807, 2.05) is 4.90 Å². The van der Waals surface area contributed by atoms with E-state index in [4.69, 9.17) is 0 Å². The molecule has 0 aromatic carbocycles. The van der Waals surface area contributed by atoms with Gasteiger partial charge in [0.1, 0.15) is 0 Å². The van der Waals surface area contributed by atoms with E-state index in [9.17, 15) is 4.79 Å². The van der Waals surface area contributed by atoms with Crippen molar-refractivity contribution in [3.8, 4) is 0 Å². The molecule has 1 saturated heterocycles. The van der Waals surface area contributed by atoms with Gasteiger partial charge in [-0.05, 0) is 50.4 Å². The standard InChI is InChI=1S/C14H26N2O/c1-14(2)8-6-12(7-9-14)15-13(17)16-10-4-3-5-11-16/h12H,3-11H2,1-2H3,(H,15,17). The quantitative estimate of drug-likeness (QED) is 0.748. The van der Waals surface area contributed by atoms with E-state index in [1.54, 1.807) is 0 Å². The zero-order valence-electron chi connectivity index (χ0n) is 11.3. The van der Waals surface area contributed by atoms with Gasteiger partial charge in [-0.3, -0.25) is 0 Å². The number of amides is 2. The molecule has 17 heavy (non-hydrogen) atoms. The largest absolute Gasteiger partial charge is 0.335 e. The summed E-state index contributed by atoms with van der Waals surface area (Å²) in [6.07, 6.45) is 8.38. The Bertz CT molecular complexity index is 259. The number of hydrogen-bond donors (Lipinski definition) is 1. The Hall–Kier alpha value is -0.730. The maximum atomic E-state index is 12.0. The third-order valence-electron chi connectivity index (χ3n) is 4.31. The van der Waals surface area contributed by atoms with Crippen LogP contribution in [0.3, 0.4) is 0 Å². The molecule has 0 aromatic heterocycles. The fraction of sp³-hybridized carbons (Fsp3) is 0.929. The predicted molar refractivity (Wildman–Crippen MR) is 70.0 cm³/mol. The number of likely N-dealkylation sites (tertiary alicyclic amines) is 1. The van der Waals surface area contributed by atoms with Crippen molar-refractivity contribution in [1.29, 1.82) is 0 Å². The molecule has 0 unspecified atom stereocenters. The van der Waals surface area contributed by atoms with Gasteiger partial charge in [-0.1, -0.05) is 13.8 Å². The SMILES string of the molecule is CC1(C)CCC(NC(=O)N2CCCCC2)CC1. The zero-order chi connectivity index (χ0) is 12.3. The van der Waals surface area contributed by atoms with Crippen molar-refractivity contribution in [1.82, 2.24) is 10.2 Å². The lowest BCUT2D eigenvalue weighted by molar-refractivity contribution is 0.166. The molecule has 2 aliphatic rings. The summed E-state index contributed by atoms with van der Waals surface area (Å²) in [6.45, 7) is 6.56. The number of hydrogen-bond acceptors (Lipinski definition) is 1. The third-order valence-corrected chi connectivity index (χ3v) is 4.31. The molecule has 0 radical (unpaired) electrons. The Morgan fingerprint density at radius 1 is 1.12 bits per heavy atom. The van der Waals surface area contributed by atoms with Gasteiger partial charge < -0.3 is 10.2 Å². The summed E-state index contributed by atoms with van der Waals surface area (Å²) in [5.74, 6) is 0. The van der Waals surface area contributed by atoms with Crippen LogP contribution in [0.5, 0.6) is 0 Å². The second-order valence-corrected chi connectivity index (χ2v) is 6.44. The fourth-order valence-electron chi connectivity index (χ4n) is 2.91. The monoisotopic (exact) mass is 238 g/mol. The minimum Gasteiger partial charge on any atom is -0.335 e. The molecule has 2 fully saturated rings. The molecule has 1 saturated carbocycles. The van der Waals surface area contributed by atoms with Crippen LogP contribution >= 0.6 is 0 Å². The Kier molecular flexibility index (Phi) is 3.95. The van der Waals surface area contributed by atoms with Gasteiger partial charge in [-0.15, -0.1) is 0 Å². The van der Waals surface area contributed by atoms with E-state index in [-0.39, 0.29) is 6.03 Å². The zero-order valence-corrected chi connectivity index (χ0v) is 11.3. The molecule has 0 aromatic rings. The average Bonchev–Trinajstić information content (AvgIpc) is 2.33. The first-order valence-corrected chi connectivity index (χ1v) is 7.12. The Morgan fingerprint density at radius 2 is 1.71 bits per heavy atom. The van der Waals surface area contributed by atoms with Crippen molar-refractivity contribution in [2.24, 2.45) is 5.41 Å². The van der Waals surface area contributed by atoms with Gasteiger partial charge in [0.25, 0.3) is 0 Å². The van der Waals surface area contributed by atoms with Gasteiger partial charge in [0.05, 0.1) is 0 Å². The van der Waals surface area contributed by atoms with Crippen LogP contribution < -0.4 is 5.32 Å². The lowest BCUT2D eigenvalue weighted by atomic mass is 9.75. The summed E-state index contributed by atoms with van der Waals surface area (Å²) in [5.41, 5.74) is 0.479. The molecule has 98 valence electrons. The van der Waals surface area contributed by atoms with E-state index < -0.39 is 0 Å². The minimum absolute atomic E-state index is 0.175. The van der Waals surface area contributed by atoms with Crippen molar-refractivity contribution >= 4 is 6.03 Å². The van der Waals surface area contributed by atoms with Crippen LogP contribution in [0.1, 0.15) is 58.8 Å². The van der Waals surface area contributed by atoms with Crippen molar-refractivity contribution in [2.75, 3.05) is 13.1 Å². The molecule has 0 atom stereocenters. The summed E-state index contributed by atoms with van der Waals surface area (Å²) < 4.78 is 0. The van der Waals surface area contributed by atoms with Crippen molar-refractivity contribution in [3.05, 3.63) is 0 Å². The number of carbonyl (C=O) groups excluding carboxylic acids is 1. The topological polar surface area (TPSA) is 32.3 Å². The highest BCUT2D eigenvalue weighted by Crippen LogP contribution is 2.35. The van der Waals surface area contributed by atoms with Crippen LogP contribution in [-0.2, 0) is 0 Å². The van der Waals surface area contributed by atoms with Gasteiger partial charge in [-0.2, -0.15) is 0 Å². The van der Waals surface area contributed by atoms with Crippen molar-refractivity contribution in [2.45, 2.75) is 64.8 Å². The first-order valence-electron chi connectivity index (χ1n) is 7.12. The lowest BCUT2D eigenvalue weighted by Crippen LogP contribution is -2.48. The third kappa shape index (κ3) is 3.62. The van der Waals surface area contributed by atoms with Crippen molar-refractivity contribution in [3.63, 3.8) is 0 Å². The summed E-state index contributed by atoms with van der Waals surface area (Å²) in [5, 5.41) is 3.21. The molecule has 2 rings (SSSR count). The van der Waals surface area contributed by atoms with Crippen LogP contribution in [0.25, 0.3) is 0 Å². The number of urea groups is 1. The molecule has 0 spiro atoms. The summed E-state index contributed by atoms with van der Waals surface area (Å²) in [7, 11) is 0. The summed E-state index contributed by atoms with van der Waals surface area (Å²) in [4.78, 5) is 14.0.